The van der Waals surface area contributed by atoms with Gasteiger partial charge in [-0.3, -0.25) is 9.59 Å². The molecule has 4 rings (SSSR count). The van der Waals surface area contributed by atoms with Crippen LogP contribution in [0, 0.1) is 0 Å². The molecule has 2 saturated heterocycles. The summed E-state index contributed by atoms with van der Waals surface area (Å²) in [6.45, 7) is 7.52. The molecule has 194 valence electrons. The van der Waals surface area contributed by atoms with Crippen LogP contribution >= 0.6 is 35.0 Å². The summed E-state index contributed by atoms with van der Waals surface area (Å²) in [5.74, 6) is 0.814. The number of rotatable bonds is 8. The number of halogens is 2. The van der Waals surface area contributed by atoms with Gasteiger partial charge in [-0.2, -0.15) is 0 Å². The Hall–Kier alpha value is -2.07. The van der Waals surface area contributed by atoms with Crippen molar-refractivity contribution in [2.75, 3.05) is 56.5 Å². The van der Waals surface area contributed by atoms with Gasteiger partial charge in [0, 0.05) is 44.8 Å². The number of nitrogens with zero attached hydrogens (tertiary/aromatic N) is 5. The highest BCUT2D eigenvalue weighted by atomic mass is 35.5. The quantitative estimate of drug-likeness (QED) is 0.304. The summed E-state index contributed by atoms with van der Waals surface area (Å²) in [6, 6.07) is 8.79. The minimum atomic E-state index is -0.0731. The summed E-state index contributed by atoms with van der Waals surface area (Å²) < 4.78 is 0. The Balaban J connectivity index is 1.29. The van der Waals surface area contributed by atoms with Gasteiger partial charge in [0.25, 0.3) is 5.91 Å². The summed E-state index contributed by atoms with van der Waals surface area (Å²) in [5, 5.41) is 4.23. The van der Waals surface area contributed by atoms with Gasteiger partial charge in [0.1, 0.15) is 11.0 Å². The second-order valence-electron chi connectivity index (χ2n) is 9.15. The van der Waals surface area contributed by atoms with Crippen LogP contribution in [0.4, 0.5) is 5.82 Å². The highest BCUT2D eigenvalue weighted by Crippen LogP contribution is 2.25. The third kappa shape index (κ3) is 7.25. The molecule has 2 amide bonds. The number of benzene rings is 1. The first-order valence-electron chi connectivity index (χ1n) is 12.4. The van der Waals surface area contributed by atoms with Crippen LogP contribution in [0.2, 0.25) is 10.2 Å². The van der Waals surface area contributed by atoms with E-state index in [2.05, 4.69) is 25.1 Å². The molecule has 1 aromatic carbocycles. The van der Waals surface area contributed by atoms with Crippen LogP contribution in [-0.2, 0) is 4.79 Å². The highest BCUT2D eigenvalue weighted by Gasteiger charge is 2.30. The van der Waals surface area contributed by atoms with E-state index < -0.39 is 0 Å². The maximum Gasteiger partial charge on any atom is 0.255 e. The monoisotopic (exact) mass is 550 g/mol. The van der Waals surface area contributed by atoms with Crippen molar-refractivity contribution in [1.29, 1.82) is 0 Å². The van der Waals surface area contributed by atoms with Crippen LogP contribution < -0.4 is 10.2 Å². The van der Waals surface area contributed by atoms with Crippen molar-refractivity contribution in [2.45, 2.75) is 37.4 Å². The van der Waals surface area contributed by atoms with E-state index in [1.54, 1.807) is 18.2 Å². The molecule has 2 aliphatic rings. The van der Waals surface area contributed by atoms with Crippen LogP contribution in [0.3, 0.4) is 0 Å². The molecule has 2 fully saturated rings. The first kappa shape index (κ1) is 27.0. The van der Waals surface area contributed by atoms with Gasteiger partial charge in [-0.05, 0) is 45.0 Å². The third-order valence-corrected chi connectivity index (χ3v) is 7.88. The first-order chi connectivity index (χ1) is 17.4. The Labute approximate surface area is 226 Å². The molecule has 1 atom stereocenters. The lowest BCUT2D eigenvalue weighted by atomic mass is 10.1. The average Bonchev–Trinajstić information content (AvgIpc) is 2.88. The lowest BCUT2D eigenvalue weighted by molar-refractivity contribution is -0.118. The molecule has 36 heavy (non-hydrogen) atoms. The number of piperazine rings is 1. The van der Waals surface area contributed by atoms with Crippen molar-refractivity contribution in [3.63, 3.8) is 0 Å². The Morgan fingerprint density at radius 2 is 1.86 bits per heavy atom. The van der Waals surface area contributed by atoms with Gasteiger partial charge < -0.3 is 20.0 Å². The second kappa shape index (κ2) is 12.9. The zero-order valence-corrected chi connectivity index (χ0v) is 22.8. The van der Waals surface area contributed by atoms with Gasteiger partial charge >= 0.3 is 0 Å². The predicted molar refractivity (Wildman–Crippen MR) is 145 cm³/mol. The van der Waals surface area contributed by atoms with E-state index in [9.17, 15) is 9.59 Å². The Morgan fingerprint density at radius 1 is 1.08 bits per heavy atom. The normalized spacial score (nSPS) is 18.8. The van der Waals surface area contributed by atoms with E-state index in [0.717, 1.165) is 19.6 Å². The predicted octanol–water partition coefficient (Wildman–Crippen LogP) is 3.83. The lowest BCUT2D eigenvalue weighted by Gasteiger charge is -2.40. The van der Waals surface area contributed by atoms with Crippen molar-refractivity contribution in [3.8, 4) is 0 Å². The molecule has 0 bridgehead atoms. The summed E-state index contributed by atoms with van der Waals surface area (Å²) in [6.07, 6.45) is 3.78. The summed E-state index contributed by atoms with van der Waals surface area (Å²) >= 11 is 13.8. The average molecular weight is 552 g/mol. The molecule has 3 heterocycles. The van der Waals surface area contributed by atoms with Gasteiger partial charge in [-0.1, -0.05) is 53.5 Å². The fourth-order valence-electron chi connectivity index (χ4n) is 4.59. The Kier molecular flexibility index (Phi) is 9.70. The van der Waals surface area contributed by atoms with E-state index in [1.165, 1.54) is 31.0 Å². The summed E-state index contributed by atoms with van der Waals surface area (Å²) in [5.41, 5.74) is 0.512. The number of aromatic nitrogens is 2. The number of hydrogen-bond donors (Lipinski definition) is 1. The Morgan fingerprint density at radius 3 is 2.61 bits per heavy atom. The largest absolute Gasteiger partial charge is 0.354 e. The number of piperidine rings is 1. The van der Waals surface area contributed by atoms with E-state index in [4.69, 9.17) is 23.2 Å². The van der Waals surface area contributed by atoms with E-state index in [0.29, 0.717) is 52.9 Å². The van der Waals surface area contributed by atoms with Crippen LogP contribution in [0.1, 0.15) is 36.5 Å². The second-order valence-corrected chi connectivity index (χ2v) is 10.9. The molecular formula is C25H32Cl2N6O2S. The maximum absolute atomic E-state index is 13.0. The fraction of sp³-hybridized carbons (Fsp3) is 0.520. The molecule has 0 saturated carbocycles. The number of amides is 2. The van der Waals surface area contributed by atoms with Crippen LogP contribution in [-0.4, -0.2) is 89.2 Å². The van der Waals surface area contributed by atoms with Crippen molar-refractivity contribution in [3.05, 3.63) is 46.1 Å². The SMILES string of the molecule is CC1CN(c2cc(Cl)nc(SCC(=O)NCCN3CCCCC3)n2)CCN1C(=O)c1ccccc1Cl. The van der Waals surface area contributed by atoms with Gasteiger partial charge in [-0.25, -0.2) is 9.97 Å². The van der Waals surface area contributed by atoms with Crippen molar-refractivity contribution >= 4 is 52.6 Å². The maximum atomic E-state index is 13.0. The minimum Gasteiger partial charge on any atom is -0.354 e. The van der Waals surface area contributed by atoms with E-state index in [-0.39, 0.29) is 23.6 Å². The van der Waals surface area contributed by atoms with Crippen LogP contribution in [0.15, 0.2) is 35.5 Å². The standard InChI is InChI=1S/C25H32Cl2N6O2S/c1-18-16-32(13-14-33(18)24(35)19-7-3-4-8-20(19)26)22-15-21(27)29-25(30-22)36-17-23(34)28-9-12-31-10-5-2-6-11-31/h3-4,7-8,15,18H,2,5-6,9-14,16-17H2,1H3,(H,28,34). The number of nitrogens with one attached hydrogen (secondary N) is 1. The zero-order chi connectivity index (χ0) is 25.5. The van der Waals surface area contributed by atoms with Gasteiger partial charge in [0.15, 0.2) is 5.16 Å². The summed E-state index contributed by atoms with van der Waals surface area (Å²) in [4.78, 5) is 40.6. The lowest BCUT2D eigenvalue weighted by Crippen LogP contribution is -2.54. The number of carbonyl (C=O) groups is 2. The molecule has 8 nitrogen and oxygen atoms in total. The van der Waals surface area contributed by atoms with Gasteiger partial charge in [-0.15, -0.1) is 0 Å². The van der Waals surface area contributed by atoms with Crippen molar-refractivity contribution in [1.82, 2.24) is 25.1 Å². The number of hydrogen-bond acceptors (Lipinski definition) is 7. The molecule has 2 aromatic rings. The van der Waals surface area contributed by atoms with E-state index >= 15 is 0 Å². The van der Waals surface area contributed by atoms with Gasteiger partial charge in [0.05, 0.1) is 16.3 Å². The minimum absolute atomic E-state index is 0.0394. The first-order valence-corrected chi connectivity index (χ1v) is 14.1. The molecular weight excluding hydrogens is 519 g/mol. The number of anilines is 1. The molecule has 0 spiro atoms. The summed E-state index contributed by atoms with van der Waals surface area (Å²) in [7, 11) is 0. The van der Waals surface area contributed by atoms with Crippen molar-refractivity contribution < 1.29 is 9.59 Å². The molecule has 0 radical (unpaired) electrons. The topological polar surface area (TPSA) is 81.7 Å². The molecule has 0 aliphatic carbocycles. The van der Waals surface area contributed by atoms with Crippen molar-refractivity contribution in [2.24, 2.45) is 0 Å². The molecule has 1 aromatic heterocycles. The number of thioether (sulfide) groups is 1. The smallest absolute Gasteiger partial charge is 0.255 e. The highest BCUT2D eigenvalue weighted by molar-refractivity contribution is 7.99. The third-order valence-electron chi connectivity index (χ3n) is 6.51. The number of likely N-dealkylation sites (tertiary alicyclic amines) is 1. The van der Waals surface area contributed by atoms with E-state index in [1.807, 2.05) is 24.0 Å². The van der Waals surface area contributed by atoms with Crippen LogP contribution in [0.5, 0.6) is 0 Å². The molecule has 2 aliphatic heterocycles. The molecule has 11 heteroatoms. The molecule has 1 unspecified atom stereocenters. The molecule has 1 N–H and O–H groups in total. The number of carbonyl (C=O) groups excluding carboxylic acids is 2. The Bertz CT molecular complexity index is 1070. The van der Waals surface area contributed by atoms with Gasteiger partial charge in [0.2, 0.25) is 5.91 Å². The zero-order valence-electron chi connectivity index (χ0n) is 20.5. The fourth-order valence-corrected chi connectivity index (χ4v) is 5.71. The van der Waals surface area contributed by atoms with Crippen LogP contribution in [0.25, 0.3) is 0 Å².